The quantitative estimate of drug-likeness (QED) is 0.475. The van der Waals surface area contributed by atoms with Gasteiger partial charge in [-0.2, -0.15) is 5.10 Å². The lowest BCUT2D eigenvalue weighted by molar-refractivity contribution is -0.114. The van der Waals surface area contributed by atoms with Crippen LogP contribution in [0.3, 0.4) is 0 Å². The summed E-state index contributed by atoms with van der Waals surface area (Å²) in [6.07, 6.45) is 1.65. The van der Waals surface area contributed by atoms with Crippen molar-refractivity contribution >= 4 is 28.3 Å². The van der Waals surface area contributed by atoms with Crippen molar-refractivity contribution in [2.45, 2.75) is 13.8 Å². The molecule has 0 unspecified atom stereocenters. The van der Waals surface area contributed by atoms with Gasteiger partial charge in [-0.05, 0) is 55.0 Å². The molecule has 5 aromatic rings. The van der Waals surface area contributed by atoms with Crippen LogP contribution in [-0.4, -0.2) is 30.3 Å². The minimum Gasteiger partial charge on any atom is -0.326 e. The standard InChI is InChI=1S/C23H17FN6O2/c1-13-20(15-3-5-16(24)6-4-15)22-27-26-21-19(30(22)28-13)11-12-29(23(21)32)18-9-7-17(8-10-18)25-14(2)31/h3-12H,1-2H3,(H,25,31). The third kappa shape index (κ3) is 3.20. The SMILES string of the molecule is CC(=O)Nc1ccc(-n2ccc3c(nnc4c(-c5ccc(F)cc5)c(C)nn43)c2=O)cc1. The number of benzene rings is 2. The zero-order valence-electron chi connectivity index (χ0n) is 17.2. The monoisotopic (exact) mass is 428 g/mol. The molecular weight excluding hydrogens is 411 g/mol. The lowest BCUT2D eigenvalue weighted by Crippen LogP contribution is -2.20. The molecule has 0 saturated heterocycles. The van der Waals surface area contributed by atoms with E-state index >= 15 is 0 Å². The van der Waals surface area contributed by atoms with Crippen molar-refractivity contribution in [3.63, 3.8) is 0 Å². The van der Waals surface area contributed by atoms with Gasteiger partial charge in [-0.1, -0.05) is 12.1 Å². The number of hydrogen-bond acceptors (Lipinski definition) is 5. The number of nitrogens with zero attached hydrogens (tertiary/aromatic N) is 5. The zero-order valence-corrected chi connectivity index (χ0v) is 17.2. The van der Waals surface area contributed by atoms with Crippen molar-refractivity contribution in [2.75, 3.05) is 5.32 Å². The molecule has 0 aliphatic heterocycles. The van der Waals surface area contributed by atoms with Crippen LogP contribution in [0.5, 0.6) is 0 Å². The molecule has 32 heavy (non-hydrogen) atoms. The Kier molecular flexibility index (Phi) is 4.51. The Morgan fingerprint density at radius 3 is 2.41 bits per heavy atom. The van der Waals surface area contributed by atoms with Gasteiger partial charge in [-0.3, -0.25) is 14.2 Å². The van der Waals surface area contributed by atoms with Gasteiger partial charge in [-0.25, -0.2) is 8.91 Å². The summed E-state index contributed by atoms with van der Waals surface area (Å²) < 4.78 is 16.4. The Morgan fingerprint density at radius 1 is 1.00 bits per heavy atom. The van der Waals surface area contributed by atoms with Crippen LogP contribution in [0.4, 0.5) is 10.1 Å². The third-order valence-electron chi connectivity index (χ3n) is 5.15. The lowest BCUT2D eigenvalue weighted by Gasteiger charge is -2.09. The summed E-state index contributed by atoms with van der Waals surface area (Å²) in [5, 5.41) is 15.7. The molecule has 3 aromatic heterocycles. The van der Waals surface area contributed by atoms with Crippen LogP contribution >= 0.6 is 0 Å². The Balaban J connectivity index is 1.64. The van der Waals surface area contributed by atoms with Gasteiger partial charge in [0.05, 0.1) is 11.3 Å². The molecule has 1 N–H and O–H groups in total. The van der Waals surface area contributed by atoms with E-state index in [2.05, 4.69) is 20.6 Å². The second kappa shape index (κ2) is 7.38. The van der Waals surface area contributed by atoms with E-state index in [-0.39, 0.29) is 22.8 Å². The molecule has 0 aliphatic carbocycles. The lowest BCUT2D eigenvalue weighted by atomic mass is 10.1. The summed E-state index contributed by atoms with van der Waals surface area (Å²) in [6.45, 7) is 3.26. The zero-order chi connectivity index (χ0) is 22.4. The first-order valence-electron chi connectivity index (χ1n) is 9.84. The molecule has 0 bridgehead atoms. The number of amides is 1. The van der Waals surface area contributed by atoms with Crippen LogP contribution < -0.4 is 10.9 Å². The fourth-order valence-electron chi connectivity index (χ4n) is 3.72. The molecule has 0 spiro atoms. The number of aromatic nitrogens is 5. The fraction of sp³-hybridized carbons (Fsp3) is 0.0870. The number of nitrogens with one attached hydrogen (secondary N) is 1. The molecule has 0 radical (unpaired) electrons. The van der Waals surface area contributed by atoms with E-state index in [9.17, 15) is 14.0 Å². The number of anilines is 1. The van der Waals surface area contributed by atoms with Crippen LogP contribution in [-0.2, 0) is 4.79 Å². The van der Waals surface area contributed by atoms with Gasteiger partial charge in [0.1, 0.15) is 11.3 Å². The molecule has 0 aliphatic rings. The maximum atomic E-state index is 13.3. The summed E-state index contributed by atoms with van der Waals surface area (Å²) in [7, 11) is 0. The van der Waals surface area contributed by atoms with E-state index in [0.29, 0.717) is 28.2 Å². The van der Waals surface area contributed by atoms with Gasteiger partial charge in [0.25, 0.3) is 5.56 Å². The van der Waals surface area contributed by atoms with Gasteiger partial charge in [-0.15, -0.1) is 10.2 Å². The molecular formula is C23H17FN6O2. The molecule has 0 fully saturated rings. The highest BCUT2D eigenvalue weighted by molar-refractivity contribution is 5.88. The van der Waals surface area contributed by atoms with Crippen LogP contribution in [0.1, 0.15) is 12.6 Å². The minimum atomic E-state index is -0.347. The molecule has 8 nitrogen and oxygen atoms in total. The van der Waals surface area contributed by atoms with Crippen molar-refractivity contribution < 1.29 is 9.18 Å². The first-order chi connectivity index (χ1) is 15.4. The van der Waals surface area contributed by atoms with E-state index in [1.165, 1.54) is 23.6 Å². The van der Waals surface area contributed by atoms with Crippen molar-refractivity contribution in [3.05, 3.63) is 82.7 Å². The molecule has 9 heteroatoms. The van der Waals surface area contributed by atoms with E-state index in [1.54, 1.807) is 53.2 Å². The Bertz CT molecular complexity index is 1550. The number of pyridine rings is 1. The normalized spacial score (nSPS) is 11.2. The van der Waals surface area contributed by atoms with Crippen molar-refractivity contribution in [2.24, 2.45) is 0 Å². The highest BCUT2D eigenvalue weighted by atomic mass is 19.1. The molecule has 158 valence electrons. The molecule has 0 atom stereocenters. The number of fused-ring (bicyclic) bond motifs is 3. The van der Waals surface area contributed by atoms with E-state index < -0.39 is 0 Å². The van der Waals surface area contributed by atoms with E-state index in [0.717, 1.165) is 11.1 Å². The first kappa shape index (κ1) is 19.6. The molecule has 3 heterocycles. The molecule has 1 amide bonds. The van der Waals surface area contributed by atoms with Crippen LogP contribution in [0.2, 0.25) is 0 Å². The molecule has 0 saturated carbocycles. The predicted octanol–water partition coefficient (Wildman–Crippen LogP) is 3.50. The van der Waals surface area contributed by atoms with Crippen LogP contribution in [0, 0.1) is 12.7 Å². The molecule has 5 rings (SSSR count). The number of halogens is 1. The maximum Gasteiger partial charge on any atom is 0.285 e. The third-order valence-corrected chi connectivity index (χ3v) is 5.15. The summed E-state index contributed by atoms with van der Waals surface area (Å²) in [6, 6.07) is 14.7. The largest absolute Gasteiger partial charge is 0.326 e. The summed E-state index contributed by atoms with van der Waals surface area (Å²) >= 11 is 0. The summed E-state index contributed by atoms with van der Waals surface area (Å²) in [4.78, 5) is 24.3. The minimum absolute atomic E-state index is 0.166. The van der Waals surface area contributed by atoms with Gasteiger partial charge >= 0.3 is 0 Å². The van der Waals surface area contributed by atoms with Gasteiger partial charge < -0.3 is 5.32 Å². The Hall–Kier alpha value is -4.40. The Morgan fingerprint density at radius 2 is 1.72 bits per heavy atom. The second-order valence-electron chi connectivity index (χ2n) is 7.36. The topological polar surface area (TPSA) is 94.2 Å². The van der Waals surface area contributed by atoms with Crippen molar-refractivity contribution in [1.82, 2.24) is 24.4 Å². The fourth-order valence-corrected chi connectivity index (χ4v) is 3.72. The van der Waals surface area contributed by atoms with Crippen LogP contribution in [0.15, 0.2) is 65.6 Å². The van der Waals surface area contributed by atoms with Crippen molar-refractivity contribution in [3.8, 4) is 16.8 Å². The maximum absolute atomic E-state index is 13.3. The number of rotatable bonds is 3. The Labute approximate surface area is 181 Å². The highest BCUT2D eigenvalue weighted by Crippen LogP contribution is 2.28. The smallest absolute Gasteiger partial charge is 0.285 e. The average molecular weight is 428 g/mol. The highest BCUT2D eigenvalue weighted by Gasteiger charge is 2.17. The summed E-state index contributed by atoms with van der Waals surface area (Å²) in [5.41, 5.74) is 4.27. The van der Waals surface area contributed by atoms with Gasteiger partial charge in [0, 0.05) is 24.5 Å². The average Bonchev–Trinajstić information content (AvgIpc) is 3.11. The number of hydrogen-bond donors (Lipinski definition) is 1. The van der Waals surface area contributed by atoms with Gasteiger partial charge in [0.2, 0.25) is 5.91 Å². The number of aryl methyl sites for hydroxylation is 1. The van der Waals surface area contributed by atoms with Crippen molar-refractivity contribution in [1.29, 1.82) is 0 Å². The second-order valence-corrected chi connectivity index (χ2v) is 7.36. The van der Waals surface area contributed by atoms with Gasteiger partial charge in [0.15, 0.2) is 11.2 Å². The predicted molar refractivity (Wildman–Crippen MR) is 118 cm³/mol. The summed E-state index contributed by atoms with van der Waals surface area (Å²) in [5.74, 6) is -0.500. The van der Waals surface area contributed by atoms with E-state index in [4.69, 9.17) is 0 Å². The van der Waals surface area contributed by atoms with Crippen LogP contribution in [0.25, 0.3) is 33.5 Å². The number of carbonyl (C=O) groups is 1. The first-order valence-corrected chi connectivity index (χ1v) is 9.84. The number of carbonyl (C=O) groups excluding carboxylic acids is 1. The van der Waals surface area contributed by atoms with E-state index in [1.807, 2.05) is 6.92 Å². The molecule has 2 aromatic carbocycles.